The van der Waals surface area contributed by atoms with Crippen molar-refractivity contribution in [1.29, 1.82) is 0 Å². The number of carbonyl (C=O) groups is 1. The molecule has 0 fully saturated rings. The Balaban J connectivity index is 1.22. The van der Waals surface area contributed by atoms with E-state index in [1.54, 1.807) is 30.4 Å². The van der Waals surface area contributed by atoms with Gasteiger partial charge in [-0.05, 0) is 96.9 Å². The van der Waals surface area contributed by atoms with Crippen LogP contribution in [0.1, 0.15) is 51.8 Å². The molecule has 10 nitrogen and oxygen atoms in total. The Morgan fingerprint density at radius 1 is 0.935 bits per heavy atom. The van der Waals surface area contributed by atoms with E-state index in [0.717, 1.165) is 56.3 Å². The summed E-state index contributed by atoms with van der Waals surface area (Å²) in [6.07, 6.45) is 2.83. The van der Waals surface area contributed by atoms with E-state index in [0.29, 0.717) is 29.6 Å². The third-order valence-electron chi connectivity index (χ3n) is 7.31. The first-order valence-electron chi connectivity index (χ1n) is 15.2. The SMILES string of the molecule is CCOC(=O)c1nc(Nc2nnc(Nc3nc4ccccc4s3)c(C)c2C)sc1CCCOc1ccc(CCCN(C)C)cc1F. The lowest BCUT2D eigenvalue weighted by atomic mass is 10.1. The second-order valence-electron chi connectivity index (χ2n) is 11.0. The molecular weight excluding hydrogens is 626 g/mol. The van der Waals surface area contributed by atoms with Crippen LogP contribution in [-0.2, 0) is 17.6 Å². The van der Waals surface area contributed by atoms with Gasteiger partial charge in [-0.15, -0.1) is 21.5 Å². The topological polar surface area (TPSA) is 114 Å². The molecular formula is C33H38FN7O3S2. The molecule has 5 aromatic rings. The molecule has 0 saturated carbocycles. The fourth-order valence-corrected chi connectivity index (χ4v) is 6.59. The first-order valence-corrected chi connectivity index (χ1v) is 16.8. The average molecular weight is 664 g/mol. The van der Waals surface area contributed by atoms with Gasteiger partial charge in [0, 0.05) is 16.0 Å². The number of halogens is 1. The molecule has 3 heterocycles. The number of hydrogen-bond acceptors (Lipinski definition) is 12. The van der Waals surface area contributed by atoms with Crippen LogP contribution in [0.3, 0.4) is 0 Å². The zero-order valence-corrected chi connectivity index (χ0v) is 28.3. The summed E-state index contributed by atoms with van der Waals surface area (Å²) >= 11 is 2.89. The molecule has 3 aromatic heterocycles. The average Bonchev–Trinajstić information content (AvgIpc) is 3.63. The van der Waals surface area contributed by atoms with Crippen molar-refractivity contribution < 1.29 is 18.7 Å². The summed E-state index contributed by atoms with van der Waals surface area (Å²) in [6.45, 7) is 7.13. The van der Waals surface area contributed by atoms with Crippen LogP contribution >= 0.6 is 22.7 Å². The Labute approximate surface area is 276 Å². The predicted octanol–water partition coefficient (Wildman–Crippen LogP) is 7.47. The highest BCUT2D eigenvalue weighted by Crippen LogP contribution is 2.32. The fourth-order valence-electron chi connectivity index (χ4n) is 4.74. The number of nitrogens with zero attached hydrogens (tertiary/aromatic N) is 5. The van der Waals surface area contributed by atoms with Crippen LogP contribution in [-0.4, -0.2) is 64.9 Å². The number of thiazole rings is 2. The minimum atomic E-state index is -0.493. The van der Waals surface area contributed by atoms with Crippen LogP contribution in [0.25, 0.3) is 10.2 Å². The Morgan fingerprint density at radius 3 is 2.33 bits per heavy atom. The molecule has 0 saturated heterocycles. The van der Waals surface area contributed by atoms with Gasteiger partial charge < -0.3 is 25.0 Å². The molecule has 0 aliphatic carbocycles. The standard InChI is InChI=1S/C33H38FN7O3S2/c1-6-43-31(42)28-27(14-10-18-44-25-16-15-22(19-23(25)34)11-9-17-41(4)5)46-33(36-28)38-30-21(3)20(2)29(39-40-30)37-32-35-24-12-7-8-13-26(24)45-32/h7-8,12-13,15-16,19H,6,9-11,14,17-18H2,1-5H3,(H,35,37,39)(H,36,38,40). The molecule has 2 N–H and O–H groups in total. The monoisotopic (exact) mass is 663 g/mol. The molecule has 0 aliphatic heterocycles. The first kappa shape index (κ1) is 33.2. The van der Waals surface area contributed by atoms with E-state index in [-0.39, 0.29) is 30.5 Å². The summed E-state index contributed by atoms with van der Waals surface area (Å²) in [7, 11) is 4.05. The first-order chi connectivity index (χ1) is 22.2. The molecule has 0 bridgehead atoms. The summed E-state index contributed by atoms with van der Waals surface area (Å²) in [5.41, 5.74) is 3.91. The quantitative estimate of drug-likeness (QED) is 0.0864. The van der Waals surface area contributed by atoms with Crippen molar-refractivity contribution in [2.75, 3.05) is 44.5 Å². The molecule has 0 aliphatic rings. The van der Waals surface area contributed by atoms with Crippen LogP contribution in [0.5, 0.6) is 5.75 Å². The van der Waals surface area contributed by atoms with Crippen LogP contribution in [0, 0.1) is 19.7 Å². The van der Waals surface area contributed by atoms with Crippen molar-refractivity contribution in [3.05, 3.63) is 75.5 Å². The van der Waals surface area contributed by atoms with Gasteiger partial charge in [-0.1, -0.05) is 29.5 Å². The van der Waals surface area contributed by atoms with Gasteiger partial charge in [0.05, 0.1) is 23.4 Å². The van der Waals surface area contributed by atoms with Gasteiger partial charge in [0.2, 0.25) is 0 Å². The summed E-state index contributed by atoms with van der Waals surface area (Å²) in [5, 5.41) is 16.6. The molecule has 242 valence electrons. The number of rotatable bonds is 15. The maximum absolute atomic E-state index is 14.7. The largest absolute Gasteiger partial charge is 0.491 e. The highest BCUT2D eigenvalue weighted by Gasteiger charge is 2.21. The lowest BCUT2D eigenvalue weighted by Crippen LogP contribution is -2.13. The minimum Gasteiger partial charge on any atom is -0.491 e. The lowest BCUT2D eigenvalue weighted by Gasteiger charge is -2.11. The van der Waals surface area contributed by atoms with E-state index < -0.39 is 5.97 Å². The number of benzene rings is 2. The van der Waals surface area contributed by atoms with Crippen molar-refractivity contribution in [3.63, 3.8) is 0 Å². The molecule has 5 rings (SSSR count). The summed E-state index contributed by atoms with van der Waals surface area (Å²) in [6, 6.07) is 13.1. The Morgan fingerprint density at radius 2 is 1.65 bits per heavy atom. The number of ether oxygens (including phenoxy) is 2. The van der Waals surface area contributed by atoms with Gasteiger partial charge in [-0.25, -0.2) is 19.2 Å². The Bertz CT molecular complexity index is 1770. The van der Waals surface area contributed by atoms with Gasteiger partial charge >= 0.3 is 5.97 Å². The molecule has 0 atom stereocenters. The van der Waals surface area contributed by atoms with Crippen molar-refractivity contribution in [1.82, 2.24) is 25.1 Å². The summed E-state index contributed by atoms with van der Waals surface area (Å²) < 4.78 is 26.8. The smallest absolute Gasteiger partial charge is 0.358 e. The molecule has 13 heteroatoms. The second-order valence-corrected chi connectivity index (χ2v) is 13.1. The molecule has 0 radical (unpaired) electrons. The van der Waals surface area contributed by atoms with E-state index >= 15 is 0 Å². The highest BCUT2D eigenvalue weighted by molar-refractivity contribution is 7.22. The number of fused-ring (bicyclic) bond motifs is 1. The Kier molecular flexibility index (Phi) is 11.1. The van der Waals surface area contributed by atoms with Crippen LogP contribution < -0.4 is 15.4 Å². The molecule has 0 amide bonds. The van der Waals surface area contributed by atoms with Gasteiger partial charge in [0.15, 0.2) is 39.2 Å². The molecule has 2 aromatic carbocycles. The summed E-state index contributed by atoms with van der Waals surface area (Å²) in [4.78, 5) is 24.8. The van der Waals surface area contributed by atoms with Crippen LogP contribution in [0.15, 0.2) is 42.5 Å². The van der Waals surface area contributed by atoms with Gasteiger partial charge in [0.25, 0.3) is 0 Å². The van der Waals surface area contributed by atoms with Gasteiger partial charge in [-0.2, -0.15) is 0 Å². The summed E-state index contributed by atoms with van der Waals surface area (Å²) in [5.74, 6) is 0.510. The second kappa shape index (κ2) is 15.4. The number of esters is 1. The predicted molar refractivity (Wildman–Crippen MR) is 183 cm³/mol. The van der Waals surface area contributed by atoms with E-state index in [1.165, 1.54) is 11.3 Å². The van der Waals surface area contributed by atoms with Crippen molar-refractivity contribution in [2.45, 2.75) is 46.5 Å². The zero-order chi connectivity index (χ0) is 32.6. The third-order valence-corrected chi connectivity index (χ3v) is 9.29. The van der Waals surface area contributed by atoms with E-state index in [9.17, 15) is 9.18 Å². The van der Waals surface area contributed by atoms with Crippen LogP contribution in [0.4, 0.5) is 26.3 Å². The van der Waals surface area contributed by atoms with E-state index in [4.69, 9.17) is 9.47 Å². The van der Waals surface area contributed by atoms with E-state index in [2.05, 4.69) is 35.7 Å². The fraction of sp³-hybridized carbons (Fsp3) is 0.364. The number of aromatic nitrogens is 4. The zero-order valence-electron chi connectivity index (χ0n) is 26.6. The van der Waals surface area contributed by atoms with Gasteiger partial charge in [-0.3, -0.25) is 0 Å². The number of anilines is 4. The maximum Gasteiger partial charge on any atom is 0.358 e. The number of nitrogens with one attached hydrogen (secondary N) is 2. The van der Waals surface area contributed by atoms with Crippen molar-refractivity contribution in [3.8, 4) is 5.75 Å². The highest BCUT2D eigenvalue weighted by atomic mass is 32.1. The Hall–Kier alpha value is -4.20. The molecule has 46 heavy (non-hydrogen) atoms. The molecule has 0 unspecified atom stereocenters. The van der Waals surface area contributed by atoms with E-state index in [1.807, 2.05) is 58.3 Å². The number of hydrogen-bond donors (Lipinski definition) is 2. The van der Waals surface area contributed by atoms with Crippen molar-refractivity contribution >= 4 is 60.8 Å². The number of aryl methyl sites for hydroxylation is 2. The third kappa shape index (κ3) is 8.33. The maximum atomic E-state index is 14.7. The lowest BCUT2D eigenvalue weighted by molar-refractivity contribution is 0.0519. The van der Waals surface area contributed by atoms with Crippen molar-refractivity contribution in [2.24, 2.45) is 0 Å². The molecule has 0 spiro atoms. The van der Waals surface area contributed by atoms with Crippen LogP contribution in [0.2, 0.25) is 0 Å². The number of para-hydroxylation sites is 1. The van der Waals surface area contributed by atoms with Gasteiger partial charge in [0.1, 0.15) is 0 Å². The normalized spacial score (nSPS) is 11.3. The number of carbonyl (C=O) groups excluding carboxylic acids is 1. The minimum absolute atomic E-state index is 0.221.